The van der Waals surface area contributed by atoms with E-state index in [1.54, 1.807) is 14.2 Å². The van der Waals surface area contributed by atoms with E-state index in [2.05, 4.69) is 16.7 Å². The Bertz CT molecular complexity index is 868. The van der Waals surface area contributed by atoms with E-state index in [1.807, 2.05) is 50.2 Å². The maximum absolute atomic E-state index is 11.2. The molecule has 2 aromatic rings. The van der Waals surface area contributed by atoms with Gasteiger partial charge in [0, 0.05) is 12.1 Å². The van der Waals surface area contributed by atoms with E-state index in [9.17, 15) is 5.11 Å². The van der Waals surface area contributed by atoms with Gasteiger partial charge in [-0.25, -0.2) is 4.99 Å². The van der Waals surface area contributed by atoms with Gasteiger partial charge in [-0.2, -0.15) is 0 Å². The predicted octanol–water partition coefficient (Wildman–Crippen LogP) is 3.15. The lowest BCUT2D eigenvalue weighted by molar-refractivity contribution is 0.0485. The number of aliphatic imine (C=N–C) groups is 1. The van der Waals surface area contributed by atoms with Gasteiger partial charge in [0.2, 0.25) is 0 Å². The summed E-state index contributed by atoms with van der Waals surface area (Å²) < 4.78 is 10.9. The van der Waals surface area contributed by atoms with Gasteiger partial charge in [0.05, 0.1) is 26.8 Å². The van der Waals surface area contributed by atoms with E-state index < -0.39 is 5.60 Å². The summed E-state index contributed by atoms with van der Waals surface area (Å²) in [5.74, 6) is 2.21. The Morgan fingerprint density at radius 2 is 2.00 bits per heavy atom. The highest BCUT2D eigenvalue weighted by atomic mass is 16.5. The number of nitrogens with one attached hydrogen (secondary N) is 2. The topological polar surface area (TPSA) is 75.1 Å². The molecule has 0 bridgehead atoms. The summed E-state index contributed by atoms with van der Waals surface area (Å²) in [6.45, 7) is 5.10. The summed E-state index contributed by atoms with van der Waals surface area (Å²) in [5, 5.41) is 17.9. The van der Waals surface area contributed by atoms with Gasteiger partial charge in [0.15, 0.2) is 5.96 Å². The number of ether oxygens (including phenoxy) is 2. The maximum atomic E-state index is 11.2. The molecular formula is C23H31N3O3. The van der Waals surface area contributed by atoms with Gasteiger partial charge in [0.1, 0.15) is 17.1 Å². The van der Waals surface area contributed by atoms with Crippen LogP contribution in [-0.4, -0.2) is 38.4 Å². The SMILES string of the molecule is CCNC(=NCC1(O)CCc2ccccc21)NC(C)c1cc(OC)ccc1OC. The quantitative estimate of drug-likeness (QED) is 0.494. The van der Waals surface area contributed by atoms with Gasteiger partial charge in [-0.15, -0.1) is 0 Å². The van der Waals surface area contributed by atoms with Crippen LogP contribution in [0, 0.1) is 0 Å². The van der Waals surface area contributed by atoms with Gasteiger partial charge in [0.25, 0.3) is 0 Å². The van der Waals surface area contributed by atoms with Crippen LogP contribution >= 0.6 is 0 Å². The highest BCUT2D eigenvalue weighted by Crippen LogP contribution is 2.37. The first kappa shape index (κ1) is 21.0. The van der Waals surface area contributed by atoms with Crippen molar-refractivity contribution in [2.24, 2.45) is 4.99 Å². The Kier molecular flexibility index (Phi) is 6.64. The minimum absolute atomic E-state index is 0.0663. The molecule has 0 aromatic heterocycles. The predicted molar refractivity (Wildman–Crippen MR) is 116 cm³/mol. The zero-order valence-corrected chi connectivity index (χ0v) is 17.7. The van der Waals surface area contributed by atoms with Crippen LogP contribution in [-0.2, 0) is 12.0 Å². The van der Waals surface area contributed by atoms with Crippen molar-refractivity contribution in [3.05, 3.63) is 59.2 Å². The molecule has 3 rings (SSSR count). The monoisotopic (exact) mass is 397 g/mol. The van der Waals surface area contributed by atoms with Gasteiger partial charge in [-0.05, 0) is 56.0 Å². The molecule has 0 saturated carbocycles. The molecule has 0 aliphatic heterocycles. The van der Waals surface area contributed by atoms with Crippen LogP contribution in [0.15, 0.2) is 47.5 Å². The second-order valence-electron chi connectivity index (χ2n) is 7.36. The highest BCUT2D eigenvalue weighted by Gasteiger charge is 2.36. The zero-order chi connectivity index (χ0) is 20.9. The molecule has 3 N–H and O–H groups in total. The first-order valence-electron chi connectivity index (χ1n) is 10.1. The van der Waals surface area contributed by atoms with Crippen LogP contribution in [0.5, 0.6) is 11.5 Å². The first-order chi connectivity index (χ1) is 14.0. The van der Waals surface area contributed by atoms with Gasteiger partial charge in [-0.3, -0.25) is 0 Å². The summed E-state index contributed by atoms with van der Waals surface area (Å²) in [7, 11) is 3.31. The van der Waals surface area contributed by atoms with Crippen LogP contribution in [0.3, 0.4) is 0 Å². The molecule has 1 aliphatic rings. The van der Waals surface area contributed by atoms with Crippen molar-refractivity contribution >= 4 is 5.96 Å². The Labute approximate surface area is 173 Å². The van der Waals surface area contributed by atoms with Crippen molar-refractivity contribution in [1.29, 1.82) is 0 Å². The Balaban J connectivity index is 1.78. The molecule has 0 radical (unpaired) electrons. The van der Waals surface area contributed by atoms with Crippen molar-refractivity contribution in [3.63, 3.8) is 0 Å². The van der Waals surface area contributed by atoms with Crippen molar-refractivity contribution < 1.29 is 14.6 Å². The molecule has 0 heterocycles. The molecule has 156 valence electrons. The summed E-state index contributed by atoms with van der Waals surface area (Å²) in [6.07, 6.45) is 1.57. The summed E-state index contributed by atoms with van der Waals surface area (Å²) in [4.78, 5) is 4.70. The normalized spacial score (nSPS) is 19.4. The number of benzene rings is 2. The zero-order valence-electron chi connectivity index (χ0n) is 17.7. The number of hydrogen-bond acceptors (Lipinski definition) is 4. The van der Waals surface area contributed by atoms with E-state index in [4.69, 9.17) is 14.5 Å². The number of methoxy groups -OCH3 is 2. The smallest absolute Gasteiger partial charge is 0.191 e. The molecule has 0 amide bonds. The van der Waals surface area contributed by atoms with Crippen molar-refractivity contribution in [3.8, 4) is 11.5 Å². The van der Waals surface area contributed by atoms with Crippen LogP contribution in [0.4, 0.5) is 0 Å². The largest absolute Gasteiger partial charge is 0.497 e. The molecule has 1 aliphatic carbocycles. The molecule has 2 aromatic carbocycles. The standard InChI is InChI=1S/C23H31N3O3/c1-5-24-22(25-15-23(27)13-12-17-8-6-7-9-20(17)23)26-16(2)19-14-18(28-3)10-11-21(19)29-4/h6-11,14,16,27H,5,12-13,15H2,1-4H3,(H2,24,25,26). The second kappa shape index (κ2) is 9.18. The minimum Gasteiger partial charge on any atom is -0.497 e. The fourth-order valence-corrected chi connectivity index (χ4v) is 3.82. The average molecular weight is 398 g/mol. The third-order valence-corrected chi connectivity index (χ3v) is 5.43. The van der Waals surface area contributed by atoms with E-state index in [-0.39, 0.29) is 6.04 Å². The Hall–Kier alpha value is -2.73. The average Bonchev–Trinajstić information content (AvgIpc) is 3.09. The number of guanidine groups is 1. The Morgan fingerprint density at radius 1 is 1.21 bits per heavy atom. The Morgan fingerprint density at radius 3 is 2.72 bits per heavy atom. The van der Waals surface area contributed by atoms with Crippen molar-refractivity contribution in [2.75, 3.05) is 27.3 Å². The number of hydrogen-bond donors (Lipinski definition) is 3. The number of aliphatic hydroxyl groups is 1. The number of nitrogens with zero attached hydrogens (tertiary/aromatic N) is 1. The molecule has 29 heavy (non-hydrogen) atoms. The lowest BCUT2D eigenvalue weighted by Gasteiger charge is -2.24. The lowest BCUT2D eigenvalue weighted by atomic mass is 9.96. The number of fused-ring (bicyclic) bond motifs is 1. The highest BCUT2D eigenvalue weighted by molar-refractivity contribution is 5.80. The van der Waals surface area contributed by atoms with Crippen LogP contribution in [0.1, 0.15) is 43.0 Å². The van der Waals surface area contributed by atoms with Gasteiger partial charge >= 0.3 is 0 Å². The van der Waals surface area contributed by atoms with Gasteiger partial charge < -0.3 is 25.2 Å². The molecule has 2 atom stereocenters. The third-order valence-electron chi connectivity index (χ3n) is 5.43. The van der Waals surface area contributed by atoms with E-state index in [0.717, 1.165) is 35.6 Å². The lowest BCUT2D eigenvalue weighted by Crippen LogP contribution is -2.40. The molecule has 6 heteroatoms. The molecule has 0 saturated heterocycles. The molecule has 0 fully saturated rings. The van der Waals surface area contributed by atoms with Gasteiger partial charge in [-0.1, -0.05) is 24.3 Å². The molecule has 2 unspecified atom stereocenters. The molecular weight excluding hydrogens is 366 g/mol. The minimum atomic E-state index is -0.921. The van der Waals surface area contributed by atoms with E-state index >= 15 is 0 Å². The number of rotatable bonds is 7. The molecule has 0 spiro atoms. The van der Waals surface area contributed by atoms with Crippen LogP contribution < -0.4 is 20.1 Å². The summed E-state index contributed by atoms with van der Waals surface area (Å²) in [6, 6.07) is 13.7. The van der Waals surface area contributed by atoms with Crippen LogP contribution in [0.2, 0.25) is 0 Å². The molecule has 6 nitrogen and oxygen atoms in total. The third kappa shape index (κ3) is 4.65. The van der Waals surface area contributed by atoms with Crippen molar-refractivity contribution in [1.82, 2.24) is 10.6 Å². The van der Waals surface area contributed by atoms with Crippen molar-refractivity contribution in [2.45, 2.75) is 38.3 Å². The van der Waals surface area contributed by atoms with E-state index in [0.29, 0.717) is 18.9 Å². The van der Waals surface area contributed by atoms with Crippen LogP contribution in [0.25, 0.3) is 0 Å². The van der Waals surface area contributed by atoms with E-state index in [1.165, 1.54) is 5.56 Å². The summed E-state index contributed by atoms with van der Waals surface area (Å²) >= 11 is 0. The fraction of sp³-hybridized carbons (Fsp3) is 0.435. The second-order valence-corrected chi connectivity index (χ2v) is 7.36. The number of aryl methyl sites for hydroxylation is 1. The fourth-order valence-electron chi connectivity index (χ4n) is 3.82. The maximum Gasteiger partial charge on any atom is 0.191 e. The summed E-state index contributed by atoms with van der Waals surface area (Å²) in [5.41, 5.74) is 2.25. The first-order valence-corrected chi connectivity index (χ1v) is 10.1.